The van der Waals surface area contributed by atoms with Crippen molar-refractivity contribution in [2.75, 3.05) is 19.6 Å². The molecule has 3 rings (SSSR count). The third-order valence-corrected chi connectivity index (χ3v) is 4.71. The van der Waals surface area contributed by atoms with E-state index >= 15 is 0 Å². The lowest BCUT2D eigenvalue weighted by Crippen LogP contribution is -2.32. The van der Waals surface area contributed by atoms with Crippen molar-refractivity contribution in [3.63, 3.8) is 0 Å². The molecule has 1 aliphatic rings. The lowest BCUT2D eigenvalue weighted by atomic mass is 9.99. The van der Waals surface area contributed by atoms with Gasteiger partial charge in [0.2, 0.25) is 5.91 Å². The molecule has 0 saturated carbocycles. The highest BCUT2D eigenvalue weighted by molar-refractivity contribution is 5.91. The first kappa shape index (κ1) is 18.2. The van der Waals surface area contributed by atoms with Gasteiger partial charge in [0.25, 0.3) is 0 Å². The second-order valence-corrected chi connectivity index (χ2v) is 6.72. The first-order chi connectivity index (χ1) is 12.7. The summed E-state index contributed by atoms with van der Waals surface area (Å²) in [5.74, 6) is 0.299. The van der Waals surface area contributed by atoms with Crippen molar-refractivity contribution < 1.29 is 9.90 Å². The van der Waals surface area contributed by atoms with Crippen LogP contribution < -0.4 is 5.32 Å². The monoisotopic (exact) mass is 350 g/mol. The van der Waals surface area contributed by atoms with Crippen LogP contribution in [0, 0.1) is 0 Å². The Labute approximate surface area is 155 Å². The molecule has 0 aliphatic carbocycles. The number of nitrogens with zero attached hydrogens (tertiary/aromatic N) is 1. The summed E-state index contributed by atoms with van der Waals surface area (Å²) in [6, 6.07) is 15.5. The Morgan fingerprint density at radius 1 is 1.12 bits per heavy atom. The molecule has 0 atom stereocenters. The van der Waals surface area contributed by atoms with Crippen LogP contribution in [0.2, 0.25) is 0 Å². The van der Waals surface area contributed by atoms with E-state index in [4.69, 9.17) is 0 Å². The van der Waals surface area contributed by atoms with E-state index in [0.29, 0.717) is 12.3 Å². The molecule has 2 aromatic rings. The number of hydrogen-bond donors (Lipinski definition) is 2. The Morgan fingerprint density at radius 3 is 2.81 bits per heavy atom. The van der Waals surface area contributed by atoms with Crippen LogP contribution in [0.4, 0.5) is 0 Å². The molecular formula is C22H26N2O2. The first-order valence-corrected chi connectivity index (χ1v) is 9.25. The van der Waals surface area contributed by atoms with E-state index in [1.54, 1.807) is 12.1 Å². The maximum atomic E-state index is 11.8. The summed E-state index contributed by atoms with van der Waals surface area (Å²) in [6.07, 6.45) is 6.47. The van der Waals surface area contributed by atoms with E-state index in [9.17, 15) is 9.90 Å². The molecule has 26 heavy (non-hydrogen) atoms. The van der Waals surface area contributed by atoms with Crippen LogP contribution in [0.1, 0.15) is 29.5 Å². The molecule has 0 radical (unpaired) electrons. The molecule has 2 aromatic carbocycles. The molecule has 4 nitrogen and oxygen atoms in total. The molecule has 0 bridgehead atoms. The fourth-order valence-corrected chi connectivity index (χ4v) is 3.26. The molecule has 1 aliphatic heterocycles. The SMILES string of the molecule is O=C(C=Cc1ccccc1)NCCCCN1CCc2ccc(O)cc2C1. The molecule has 0 unspecified atom stereocenters. The van der Waals surface area contributed by atoms with Gasteiger partial charge in [0, 0.05) is 25.7 Å². The summed E-state index contributed by atoms with van der Waals surface area (Å²) in [5.41, 5.74) is 3.60. The van der Waals surface area contributed by atoms with Crippen LogP contribution in [-0.4, -0.2) is 35.5 Å². The van der Waals surface area contributed by atoms with E-state index in [1.165, 1.54) is 11.1 Å². The minimum Gasteiger partial charge on any atom is -0.508 e. The van der Waals surface area contributed by atoms with Gasteiger partial charge in [-0.25, -0.2) is 0 Å². The first-order valence-electron chi connectivity index (χ1n) is 9.25. The van der Waals surface area contributed by atoms with Gasteiger partial charge in [-0.05, 0) is 60.7 Å². The molecule has 1 heterocycles. The molecule has 0 saturated heterocycles. The topological polar surface area (TPSA) is 52.6 Å². The number of fused-ring (bicyclic) bond motifs is 1. The molecule has 136 valence electrons. The normalized spacial score (nSPS) is 14.3. The van der Waals surface area contributed by atoms with Gasteiger partial charge < -0.3 is 10.4 Å². The number of phenolic OH excluding ortho intramolecular Hbond substituents is 1. The third kappa shape index (κ3) is 5.46. The smallest absolute Gasteiger partial charge is 0.243 e. The van der Waals surface area contributed by atoms with Crippen molar-refractivity contribution in [1.29, 1.82) is 0 Å². The highest BCUT2D eigenvalue weighted by Gasteiger charge is 2.15. The second kappa shape index (κ2) is 9.20. The maximum Gasteiger partial charge on any atom is 0.243 e. The van der Waals surface area contributed by atoms with E-state index in [-0.39, 0.29) is 5.91 Å². The second-order valence-electron chi connectivity index (χ2n) is 6.72. The Hall–Kier alpha value is -2.59. The highest BCUT2D eigenvalue weighted by atomic mass is 16.3. The molecule has 2 N–H and O–H groups in total. The number of nitrogens with one attached hydrogen (secondary N) is 1. The fourth-order valence-electron chi connectivity index (χ4n) is 3.26. The largest absolute Gasteiger partial charge is 0.508 e. The van der Waals surface area contributed by atoms with Crippen molar-refractivity contribution in [1.82, 2.24) is 10.2 Å². The lowest BCUT2D eigenvalue weighted by Gasteiger charge is -2.28. The number of aromatic hydroxyl groups is 1. The minimum atomic E-state index is -0.0452. The van der Waals surface area contributed by atoms with Gasteiger partial charge >= 0.3 is 0 Å². The van der Waals surface area contributed by atoms with Gasteiger partial charge in [0.15, 0.2) is 0 Å². The molecular weight excluding hydrogens is 324 g/mol. The minimum absolute atomic E-state index is 0.0452. The van der Waals surface area contributed by atoms with Gasteiger partial charge in [-0.15, -0.1) is 0 Å². The summed E-state index contributed by atoms with van der Waals surface area (Å²) in [6.45, 7) is 3.67. The van der Waals surface area contributed by atoms with Gasteiger partial charge in [-0.2, -0.15) is 0 Å². The standard InChI is InChI=1S/C22H26N2O2/c25-21-10-9-19-12-15-24(17-20(19)16-21)14-5-4-13-23-22(26)11-8-18-6-2-1-3-7-18/h1-3,6-11,16,25H,4-5,12-15,17H2,(H,23,26). The van der Waals surface area contributed by atoms with E-state index in [0.717, 1.165) is 44.5 Å². The number of carbonyl (C=O) groups is 1. The summed E-state index contributed by atoms with van der Waals surface area (Å²) in [4.78, 5) is 14.2. The lowest BCUT2D eigenvalue weighted by molar-refractivity contribution is -0.116. The summed E-state index contributed by atoms with van der Waals surface area (Å²) in [5, 5.41) is 12.6. The number of benzene rings is 2. The fraction of sp³-hybridized carbons (Fsp3) is 0.318. The van der Waals surface area contributed by atoms with Crippen molar-refractivity contribution in [3.05, 3.63) is 71.3 Å². The zero-order chi connectivity index (χ0) is 18.2. The van der Waals surface area contributed by atoms with E-state index in [1.807, 2.05) is 48.5 Å². The molecule has 0 fully saturated rings. The van der Waals surface area contributed by atoms with Crippen LogP contribution in [-0.2, 0) is 17.8 Å². The van der Waals surface area contributed by atoms with Crippen LogP contribution in [0.3, 0.4) is 0 Å². The molecule has 1 amide bonds. The van der Waals surface area contributed by atoms with Gasteiger partial charge in [0.1, 0.15) is 5.75 Å². The predicted octanol–water partition coefficient (Wildman–Crippen LogP) is 3.36. The molecule has 4 heteroatoms. The van der Waals surface area contributed by atoms with Gasteiger partial charge in [0.05, 0.1) is 0 Å². The van der Waals surface area contributed by atoms with Gasteiger partial charge in [-0.1, -0.05) is 36.4 Å². The summed E-state index contributed by atoms with van der Waals surface area (Å²) >= 11 is 0. The quantitative estimate of drug-likeness (QED) is 0.595. The van der Waals surface area contributed by atoms with E-state index in [2.05, 4.69) is 10.2 Å². The Bertz CT molecular complexity index is 756. The Balaban J connectivity index is 1.32. The van der Waals surface area contributed by atoms with Crippen molar-refractivity contribution in [2.45, 2.75) is 25.8 Å². The zero-order valence-electron chi connectivity index (χ0n) is 15.0. The van der Waals surface area contributed by atoms with Crippen molar-refractivity contribution in [3.8, 4) is 5.75 Å². The Morgan fingerprint density at radius 2 is 1.96 bits per heavy atom. The number of rotatable bonds is 7. The van der Waals surface area contributed by atoms with Crippen molar-refractivity contribution >= 4 is 12.0 Å². The maximum absolute atomic E-state index is 11.8. The number of hydrogen-bond acceptors (Lipinski definition) is 3. The molecule has 0 spiro atoms. The number of phenols is 1. The van der Waals surface area contributed by atoms with Crippen LogP contribution in [0.5, 0.6) is 5.75 Å². The van der Waals surface area contributed by atoms with Crippen LogP contribution >= 0.6 is 0 Å². The van der Waals surface area contributed by atoms with E-state index < -0.39 is 0 Å². The van der Waals surface area contributed by atoms with Crippen LogP contribution in [0.15, 0.2) is 54.6 Å². The Kier molecular flexibility index (Phi) is 6.45. The zero-order valence-corrected chi connectivity index (χ0v) is 15.0. The number of unbranched alkanes of at least 4 members (excludes halogenated alkanes) is 1. The number of amides is 1. The van der Waals surface area contributed by atoms with Crippen LogP contribution in [0.25, 0.3) is 6.08 Å². The summed E-state index contributed by atoms with van der Waals surface area (Å²) < 4.78 is 0. The molecule has 0 aromatic heterocycles. The van der Waals surface area contributed by atoms with Crippen molar-refractivity contribution in [2.24, 2.45) is 0 Å². The van der Waals surface area contributed by atoms with Gasteiger partial charge in [-0.3, -0.25) is 9.69 Å². The predicted molar refractivity (Wildman–Crippen MR) is 105 cm³/mol. The highest BCUT2D eigenvalue weighted by Crippen LogP contribution is 2.23. The summed E-state index contributed by atoms with van der Waals surface area (Å²) in [7, 11) is 0. The average molecular weight is 350 g/mol. The average Bonchev–Trinajstić information content (AvgIpc) is 2.66. The third-order valence-electron chi connectivity index (χ3n) is 4.71. The number of carbonyl (C=O) groups excluding carboxylic acids is 1.